The van der Waals surface area contributed by atoms with Crippen LogP contribution in [0.3, 0.4) is 0 Å². The summed E-state index contributed by atoms with van der Waals surface area (Å²) in [6, 6.07) is 3.19. The van der Waals surface area contributed by atoms with Gasteiger partial charge in [0.1, 0.15) is 0 Å². The summed E-state index contributed by atoms with van der Waals surface area (Å²) in [7, 11) is 0. The summed E-state index contributed by atoms with van der Waals surface area (Å²) < 4.78 is 0.658. The fraction of sp³-hybridized carbons (Fsp3) is 0.167. The Morgan fingerprint density at radius 2 is 2.05 bits per heavy atom. The van der Waals surface area contributed by atoms with E-state index in [1.807, 2.05) is 36.4 Å². The van der Waals surface area contributed by atoms with Crippen LogP contribution in [0.25, 0.3) is 0 Å². The van der Waals surface area contributed by atoms with E-state index in [4.69, 9.17) is 23.2 Å². The van der Waals surface area contributed by atoms with E-state index in [1.54, 1.807) is 12.1 Å². The Morgan fingerprint density at radius 3 is 2.63 bits per heavy atom. The first-order chi connectivity index (χ1) is 8.90. The Morgan fingerprint density at radius 1 is 1.37 bits per heavy atom. The number of anilines is 1. The molecule has 4 nitrogen and oxygen atoms in total. The van der Waals surface area contributed by atoms with E-state index in [9.17, 15) is 4.79 Å². The van der Waals surface area contributed by atoms with E-state index in [0.717, 1.165) is 11.3 Å². The predicted molar refractivity (Wildman–Crippen MR) is 85.2 cm³/mol. The molecule has 1 amide bonds. The van der Waals surface area contributed by atoms with Crippen molar-refractivity contribution in [1.82, 2.24) is 10.2 Å². The largest absolute Gasteiger partial charge is 0.305 e. The van der Waals surface area contributed by atoms with Gasteiger partial charge >= 0.3 is 0 Å². The third-order valence-corrected chi connectivity index (χ3v) is 4.72. The fourth-order valence-corrected chi connectivity index (χ4v) is 2.55. The van der Waals surface area contributed by atoms with Crippen LogP contribution in [0.2, 0.25) is 10.0 Å². The molecule has 7 heteroatoms. The zero-order chi connectivity index (χ0) is 14.2. The number of nitrogens with zero attached hydrogens (tertiary/aromatic N) is 1. The van der Waals surface area contributed by atoms with Gasteiger partial charge in [0.25, 0.3) is 5.91 Å². The quantitative estimate of drug-likeness (QED) is 0.577. The highest BCUT2D eigenvalue weighted by atomic mass is 127. The molecule has 0 bridgehead atoms. The van der Waals surface area contributed by atoms with Gasteiger partial charge in [-0.2, -0.15) is 5.10 Å². The van der Waals surface area contributed by atoms with Crippen LogP contribution < -0.4 is 5.32 Å². The summed E-state index contributed by atoms with van der Waals surface area (Å²) in [6.07, 6.45) is 0. The lowest BCUT2D eigenvalue weighted by Gasteiger charge is -2.07. The van der Waals surface area contributed by atoms with Gasteiger partial charge in [-0.15, -0.1) is 0 Å². The second-order valence-electron chi connectivity index (χ2n) is 4.03. The number of hydrogen-bond acceptors (Lipinski definition) is 2. The van der Waals surface area contributed by atoms with Crippen molar-refractivity contribution >= 4 is 57.5 Å². The van der Waals surface area contributed by atoms with E-state index in [2.05, 4.69) is 15.5 Å². The molecule has 0 radical (unpaired) electrons. The van der Waals surface area contributed by atoms with Gasteiger partial charge in [-0.05, 0) is 48.6 Å². The third-order valence-electron chi connectivity index (χ3n) is 2.72. The molecule has 19 heavy (non-hydrogen) atoms. The summed E-state index contributed by atoms with van der Waals surface area (Å²) in [5.74, 6) is 0.220. The molecule has 2 rings (SSSR count). The number of aromatic nitrogens is 2. The number of hydrogen-bond donors (Lipinski definition) is 2. The first-order valence-corrected chi connectivity index (χ1v) is 7.21. The summed E-state index contributed by atoms with van der Waals surface area (Å²) in [6.45, 7) is 3.77. The van der Waals surface area contributed by atoms with Crippen molar-refractivity contribution in [1.29, 1.82) is 0 Å². The number of rotatable bonds is 2. The summed E-state index contributed by atoms with van der Waals surface area (Å²) in [5.41, 5.74) is 2.24. The van der Waals surface area contributed by atoms with Gasteiger partial charge in [0.2, 0.25) is 0 Å². The minimum atomic E-state index is -0.289. The standard InChI is InChI=1S/C12H10Cl2IN3O/c1-5-6(2)17-18-11(5)16-12(19)8-3-7(13)4-9(14)10(8)15/h3-4H,1-2H3,(H2,16,17,18,19). The van der Waals surface area contributed by atoms with Crippen molar-refractivity contribution in [2.45, 2.75) is 13.8 Å². The lowest BCUT2D eigenvalue weighted by molar-refractivity contribution is 0.102. The maximum atomic E-state index is 12.2. The Bertz CT molecular complexity index is 655. The third kappa shape index (κ3) is 3.04. The highest BCUT2D eigenvalue weighted by Crippen LogP contribution is 2.27. The second kappa shape index (κ2) is 5.68. The molecule has 1 aromatic heterocycles. The first-order valence-electron chi connectivity index (χ1n) is 5.37. The lowest BCUT2D eigenvalue weighted by Crippen LogP contribution is -2.14. The molecule has 1 heterocycles. The smallest absolute Gasteiger partial charge is 0.258 e. The zero-order valence-corrected chi connectivity index (χ0v) is 13.8. The van der Waals surface area contributed by atoms with E-state index < -0.39 is 0 Å². The summed E-state index contributed by atoms with van der Waals surface area (Å²) in [5, 5.41) is 10.5. The molecule has 0 aliphatic heterocycles. The highest BCUT2D eigenvalue weighted by molar-refractivity contribution is 14.1. The lowest BCUT2D eigenvalue weighted by atomic mass is 10.2. The van der Waals surface area contributed by atoms with Gasteiger partial charge in [-0.25, -0.2) is 0 Å². The SMILES string of the molecule is Cc1[nH]nc(NC(=O)c2cc(Cl)cc(Cl)c2I)c1C. The average Bonchev–Trinajstić information content (AvgIpc) is 2.65. The van der Waals surface area contributed by atoms with Crippen LogP contribution in [0.4, 0.5) is 5.82 Å². The van der Waals surface area contributed by atoms with E-state index in [1.165, 1.54) is 0 Å². The molecule has 100 valence electrons. The molecule has 0 aliphatic carbocycles. The number of carbonyl (C=O) groups is 1. The molecule has 2 aromatic rings. The Kier molecular flexibility index (Phi) is 4.37. The number of carbonyl (C=O) groups excluding carboxylic acids is 1. The zero-order valence-electron chi connectivity index (χ0n) is 10.1. The number of benzene rings is 1. The van der Waals surface area contributed by atoms with Crippen LogP contribution in [0.15, 0.2) is 12.1 Å². The van der Waals surface area contributed by atoms with E-state index in [0.29, 0.717) is 25.0 Å². The van der Waals surface area contributed by atoms with Crippen molar-refractivity contribution < 1.29 is 4.79 Å². The first kappa shape index (κ1) is 14.6. The van der Waals surface area contributed by atoms with Crippen molar-refractivity contribution in [3.63, 3.8) is 0 Å². The Balaban J connectivity index is 2.33. The average molecular weight is 410 g/mol. The fourth-order valence-electron chi connectivity index (χ4n) is 1.50. The van der Waals surface area contributed by atoms with Crippen LogP contribution in [-0.2, 0) is 0 Å². The minimum Gasteiger partial charge on any atom is -0.305 e. The van der Waals surface area contributed by atoms with Gasteiger partial charge < -0.3 is 5.32 Å². The van der Waals surface area contributed by atoms with Gasteiger partial charge in [0.15, 0.2) is 5.82 Å². The number of amides is 1. The molecular formula is C12H10Cl2IN3O. The molecular weight excluding hydrogens is 400 g/mol. The number of halogens is 3. The van der Waals surface area contributed by atoms with Gasteiger partial charge in [-0.3, -0.25) is 9.89 Å². The monoisotopic (exact) mass is 409 g/mol. The maximum Gasteiger partial charge on any atom is 0.258 e. The number of aromatic amines is 1. The molecule has 1 aromatic carbocycles. The molecule has 0 aliphatic rings. The van der Waals surface area contributed by atoms with E-state index >= 15 is 0 Å². The van der Waals surface area contributed by atoms with Crippen molar-refractivity contribution in [3.05, 3.63) is 42.6 Å². The van der Waals surface area contributed by atoms with Crippen LogP contribution in [0, 0.1) is 17.4 Å². The summed E-state index contributed by atoms with van der Waals surface area (Å²) >= 11 is 13.9. The summed E-state index contributed by atoms with van der Waals surface area (Å²) in [4.78, 5) is 12.2. The van der Waals surface area contributed by atoms with Crippen LogP contribution in [0.5, 0.6) is 0 Å². The molecule has 2 N–H and O–H groups in total. The topological polar surface area (TPSA) is 57.8 Å². The maximum absolute atomic E-state index is 12.2. The van der Waals surface area contributed by atoms with Crippen LogP contribution in [-0.4, -0.2) is 16.1 Å². The molecule has 0 saturated carbocycles. The van der Waals surface area contributed by atoms with E-state index in [-0.39, 0.29) is 5.91 Å². The van der Waals surface area contributed by atoms with Crippen LogP contribution >= 0.6 is 45.8 Å². The van der Waals surface area contributed by atoms with Crippen LogP contribution in [0.1, 0.15) is 21.6 Å². The molecule has 0 fully saturated rings. The molecule has 0 saturated heterocycles. The van der Waals surface area contributed by atoms with Gasteiger partial charge in [0.05, 0.1) is 10.6 Å². The highest BCUT2D eigenvalue weighted by Gasteiger charge is 2.16. The Labute approximate surface area is 134 Å². The molecule has 0 atom stereocenters. The minimum absolute atomic E-state index is 0.289. The number of aryl methyl sites for hydroxylation is 1. The van der Waals surface area contributed by atoms with Crippen molar-refractivity contribution in [3.8, 4) is 0 Å². The second-order valence-corrected chi connectivity index (χ2v) is 5.95. The molecule has 0 spiro atoms. The van der Waals surface area contributed by atoms with Crippen molar-refractivity contribution in [2.24, 2.45) is 0 Å². The normalized spacial score (nSPS) is 10.6. The predicted octanol–water partition coefficient (Wildman–Crippen LogP) is 4.19. The molecule has 0 unspecified atom stereocenters. The van der Waals surface area contributed by atoms with Gasteiger partial charge in [0, 0.05) is 19.9 Å². The van der Waals surface area contributed by atoms with Gasteiger partial charge in [-0.1, -0.05) is 23.2 Å². The number of H-pyrrole nitrogens is 1. The van der Waals surface area contributed by atoms with Crippen molar-refractivity contribution in [2.75, 3.05) is 5.32 Å². The number of nitrogens with one attached hydrogen (secondary N) is 2. The Hall–Kier alpha value is -0.790.